The van der Waals surface area contributed by atoms with Crippen LogP contribution in [0.15, 0.2) is 42.1 Å². The molecule has 0 bridgehead atoms. The molecule has 106 valence electrons. The first kappa shape index (κ1) is 14.1. The van der Waals surface area contributed by atoms with Gasteiger partial charge in [0.15, 0.2) is 0 Å². The Morgan fingerprint density at radius 1 is 1.40 bits per heavy atom. The van der Waals surface area contributed by atoms with E-state index in [0.717, 1.165) is 5.56 Å². The van der Waals surface area contributed by atoms with Gasteiger partial charge in [-0.25, -0.2) is 4.79 Å². The highest BCUT2D eigenvalue weighted by atomic mass is 16.5. The average Bonchev–Trinajstić information content (AvgIpc) is 2.68. The predicted octanol–water partition coefficient (Wildman–Crippen LogP) is 1.57. The maximum atomic E-state index is 11.6. The van der Waals surface area contributed by atoms with Crippen LogP contribution in [0, 0.1) is 5.92 Å². The van der Waals surface area contributed by atoms with E-state index in [1.54, 1.807) is 6.92 Å². The molecule has 0 fully saturated rings. The van der Waals surface area contributed by atoms with Crippen LogP contribution in [0.1, 0.15) is 18.5 Å². The number of esters is 2. The van der Waals surface area contributed by atoms with Gasteiger partial charge in [-0.05, 0) is 12.5 Å². The van der Waals surface area contributed by atoms with Gasteiger partial charge in [0.25, 0.3) is 0 Å². The van der Waals surface area contributed by atoms with Crippen molar-refractivity contribution in [3.05, 3.63) is 47.7 Å². The Morgan fingerprint density at radius 3 is 2.75 bits per heavy atom. The van der Waals surface area contributed by atoms with Gasteiger partial charge in [-0.15, -0.1) is 0 Å². The summed E-state index contributed by atoms with van der Waals surface area (Å²) in [6.07, 6.45) is 1.31. The molecule has 1 aromatic carbocycles. The number of hydrogen-bond acceptors (Lipinski definition) is 5. The lowest BCUT2D eigenvalue weighted by atomic mass is 10.0. The number of hydrogen-bond donors (Lipinski definition) is 1. The Balaban J connectivity index is 2.23. The van der Waals surface area contributed by atoms with Gasteiger partial charge in [-0.1, -0.05) is 30.3 Å². The smallest absolute Gasteiger partial charge is 0.332 e. The third kappa shape index (κ3) is 3.17. The Kier molecular flexibility index (Phi) is 4.40. The van der Waals surface area contributed by atoms with Crippen molar-refractivity contribution in [3.63, 3.8) is 0 Å². The summed E-state index contributed by atoms with van der Waals surface area (Å²) in [4.78, 5) is 23.2. The maximum absolute atomic E-state index is 11.6. The molecule has 20 heavy (non-hydrogen) atoms. The first-order valence-corrected chi connectivity index (χ1v) is 6.39. The molecule has 0 spiro atoms. The summed E-state index contributed by atoms with van der Waals surface area (Å²) in [6.45, 7) is 1.90. The predicted molar refractivity (Wildman–Crippen MR) is 72.5 cm³/mol. The highest BCUT2D eigenvalue weighted by molar-refractivity contribution is 5.85. The van der Waals surface area contributed by atoms with E-state index >= 15 is 0 Å². The van der Waals surface area contributed by atoms with Crippen molar-refractivity contribution in [1.82, 2.24) is 5.32 Å². The normalized spacial score (nSPS) is 20.0. The van der Waals surface area contributed by atoms with Crippen LogP contribution in [0.3, 0.4) is 0 Å². The quantitative estimate of drug-likeness (QED) is 0.848. The van der Waals surface area contributed by atoms with Crippen molar-refractivity contribution in [2.24, 2.45) is 5.92 Å². The fourth-order valence-corrected chi connectivity index (χ4v) is 2.04. The van der Waals surface area contributed by atoms with Gasteiger partial charge < -0.3 is 14.8 Å². The monoisotopic (exact) mass is 275 g/mol. The van der Waals surface area contributed by atoms with E-state index in [-0.39, 0.29) is 12.6 Å². The zero-order valence-corrected chi connectivity index (χ0v) is 11.5. The summed E-state index contributed by atoms with van der Waals surface area (Å²) in [6, 6.07) is 9.45. The zero-order chi connectivity index (χ0) is 14.5. The summed E-state index contributed by atoms with van der Waals surface area (Å²) in [5.74, 6) is -1.40. The molecule has 0 saturated heterocycles. The van der Waals surface area contributed by atoms with Crippen LogP contribution in [-0.4, -0.2) is 25.7 Å². The third-order valence-corrected chi connectivity index (χ3v) is 3.23. The first-order chi connectivity index (χ1) is 9.61. The molecular weight excluding hydrogens is 258 g/mol. The topological polar surface area (TPSA) is 64.6 Å². The summed E-state index contributed by atoms with van der Waals surface area (Å²) in [5, 5.41) is 3.19. The molecule has 1 heterocycles. The molecule has 1 aromatic rings. The minimum Gasteiger partial charge on any atom is -0.469 e. The molecule has 1 N–H and O–H groups in total. The second kappa shape index (κ2) is 6.23. The fourth-order valence-electron chi connectivity index (χ4n) is 2.04. The van der Waals surface area contributed by atoms with Crippen LogP contribution < -0.4 is 5.32 Å². The van der Waals surface area contributed by atoms with E-state index in [1.807, 2.05) is 30.3 Å². The van der Waals surface area contributed by atoms with E-state index in [0.29, 0.717) is 5.70 Å². The van der Waals surface area contributed by atoms with E-state index < -0.39 is 17.9 Å². The Labute approximate surface area is 117 Å². The molecule has 1 unspecified atom stereocenters. The van der Waals surface area contributed by atoms with Crippen LogP contribution >= 0.6 is 0 Å². The van der Waals surface area contributed by atoms with Crippen molar-refractivity contribution < 1.29 is 19.1 Å². The number of rotatable bonds is 3. The summed E-state index contributed by atoms with van der Waals surface area (Å²) in [5.41, 5.74) is 1.50. The van der Waals surface area contributed by atoms with Crippen molar-refractivity contribution in [1.29, 1.82) is 0 Å². The molecule has 1 aliphatic rings. The van der Waals surface area contributed by atoms with Gasteiger partial charge in [0.1, 0.15) is 6.61 Å². The summed E-state index contributed by atoms with van der Waals surface area (Å²) >= 11 is 0. The van der Waals surface area contributed by atoms with Crippen molar-refractivity contribution in [2.75, 3.05) is 13.7 Å². The van der Waals surface area contributed by atoms with Crippen LogP contribution in [0.2, 0.25) is 0 Å². The molecule has 5 nitrogen and oxygen atoms in total. The number of carbonyl (C=O) groups is 2. The summed E-state index contributed by atoms with van der Waals surface area (Å²) in [7, 11) is 1.32. The van der Waals surface area contributed by atoms with Gasteiger partial charge >= 0.3 is 11.9 Å². The number of nitrogens with one attached hydrogen (secondary N) is 1. The zero-order valence-electron chi connectivity index (χ0n) is 11.5. The Morgan fingerprint density at radius 2 is 2.10 bits per heavy atom. The highest BCUT2D eigenvalue weighted by Crippen LogP contribution is 2.21. The van der Waals surface area contributed by atoms with Crippen LogP contribution in [0.4, 0.5) is 0 Å². The molecule has 0 aromatic heterocycles. The largest absolute Gasteiger partial charge is 0.469 e. The standard InChI is InChI=1S/C15H17NO4/c1-10(15(18)19-2)12-8-14(17)20-9-13(16-12)11-6-4-3-5-7-11/h3-8,10,13,16H,9H2,1-2H3/t10?,13-/m0/s1. The SMILES string of the molecule is COC(=O)C(C)C1=CC(=O)OC[C@@H](c2ccccc2)N1. The van der Waals surface area contributed by atoms with E-state index in [2.05, 4.69) is 5.32 Å². The lowest BCUT2D eigenvalue weighted by Gasteiger charge is -2.21. The van der Waals surface area contributed by atoms with Gasteiger partial charge in [0.05, 0.1) is 19.1 Å². The molecular formula is C15H17NO4. The molecule has 0 amide bonds. The van der Waals surface area contributed by atoms with Crippen LogP contribution in [0.25, 0.3) is 0 Å². The van der Waals surface area contributed by atoms with Crippen molar-refractivity contribution in [3.8, 4) is 0 Å². The number of ether oxygens (including phenoxy) is 2. The second-order valence-corrected chi connectivity index (χ2v) is 4.58. The Hall–Kier alpha value is -2.30. The maximum Gasteiger partial charge on any atom is 0.332 e. The fraction of sp³-hybridized carbons (Fsp3) is 0.333. The van der Waals surface area contributed by atoms with Gasteiger partial charge in [-0.3, -0.25) is 4.79 Å². The lowest BCUT2D eigenvalue weighted by Crippen LogP contribution is -2.29. The van der Waals surface area contributed by atoms with Crippen LogP contribution in [-0.2, 0) is 19.1 Å². The molecule has 0 radical (unpaired) electrons. The number of carbonyl (C=O) groups excluding carboxylic acids is 2. The molecule has 5 heteroatoms. The van der Waals surface area contributed by atoms with E-state index in [4.69, 9.17) is 9.47 Å². The van der Waals surface area contributed by atoms with Crippen molar-refractivity contribution >= 4 is 11.9 Å². The third-order valence-electron chi connectivity index (χ3n) is 3.23. The Bertz CT molecular complexity index is 524. The highest BCUT2D eigenvalue weighted by Gasteiger charge is 2.26. The molecule has 2 rings (SSSR count). The number of methoxy groups -OCH3 is 1. The number of cyclic esters (lactones) is 1. The van der Waals surface area contributed by atoms with Gasteiger partial charge in [0, 0.05) is 11.8 Å². The van der Waals surface area contributed by atoms with Gasteiger partial charge in [0.2, 0.25) is 0 Å². The molecule has 0 saturated carbocycles. The molecule has 1 aliphatic heterocycles. The average molecular weight is 275 g/mol. The van der Waals surface area contributed by atoms with Gasteiger partial charge in [-0.2, -0.15) is 0 Å². The van der Waals surface area contributed by atoms with Crippen LogP contribution in [0.5, 0.6) is 0 Å². The molecule has 0 aliphatic carbocycles. The first-order valence-electron chi connectivity index (χ1n) is 6.39. The second-order valence-electron chi connectivity index (χ2n) is 4.58. The minimum absolute atomic E-state index is 0.180. The summed E-state index contributed by atoms with van der Waals surface area (Å²) < 4.78 is 9.84. The molecule has 2 atom stereocenters. The minimum atomic E-state index is -0.545. The number of benzene rings is 1. The van der Waals surface area contributed by atoms with E-state index in [9.17, 15) is 9.59 Å². The van der Waals surface area contributed by atoms with Crippen molar-refractivity contribution in [2.45, 2.75) is 13.0 Å². The lowest BCUT2D eigenvalue weighted by molar-refractivity contribution is -0.143. The van der Waals surface area contributed by atoms with E-state index in [1.165, 1.54) is 13.2 Å².